The maximum absolute atomic E-state index is 10.9. The van der Waals surface area contributed by atoms with Crippen LogP contribution in [0.4, 0.5) is 5.69 Å². The smallest absolute Gasteiger partial charge is 0.269 e. The third-order valence-electron chi connectivity index (χ3n) is 7.44. The molecule has 0 aliphatic carbocycles. The fourth-order valence-corrected chi connectivity index (χ4v) is 5.56. The Morgan fingerprint density at radius 2 is 2.11 bits per heavy atom. The van der Waals surface area contributed by atoms with E-state index in [9.17, 15) is 10.1 Å². The largest absolute Gasteiger partial charge is 0.497 e. The van der Waals surface area contributed by atoms with Gasteiger partial charge in [-0.3, -0.25) is 20.0 Å². The van der Waals surface area contributed by atoms with E-state index in [-0.39, 0.29) is 24.4 Å². The zero-order valence-corrected chi connectivity index (χ0v) is 20.3. The van der Waals surface area contributed by atoms with Crippen molar-refractivity contribution in [1.82, 2.24) is 9.88 Å². The third-order valence-corrected chi connectivity index (χ3v) is 7.44. The number of ether oxygens (including phenoxy) is 2. The molecule has 3 aliphatic heterocycles. The summed E-state index contributed by atoms with van der Waals surface area (Å²) in [6, 6.07) is 14.5. The van der Waals surface area contributed by atoms with E-state index in [1.54, 1.807) is 19.2 Å². The molecule has 0 spiro atoms. The number of nitrogens with zero attached hydrogens (tertiary/aromatic N) is 3. The zero-order chi connectivity index (χ0) is 25.1. The first kappa shape index (κ1) is 24.0. The molecule has 4 heterocycles. The Kier molecular flexibility index (Phi) is 6.99. The topological polar surface area (TPSA) is 77.7 Å². The maximum atomic E-state index is 10.9. The van der Waals surface area contributed by atoms with Gasteiger partial charge in [0.1, 0.15) is 12.4 Å². The lowest BCUT2D eigenvalue weighted by molar-refractivity contribution is -0.384. The summed E-state index contributed by atoms with van der Waals surface area (Å²) in [6.07, 6.45) is 6.00. The van der Waals surface area contributed by atoms with E-state index < -0.39 is 4.92 Å². The third kappa shape index (κ3) is 4.83. The summed E-state index contributed by atoms with van der Waals surface area (Å²) in [4.78, 5) is 17.6. The average Bonchev–Trinajstić information content (AvgIpc) is 2.93. The number of benzene rings is 2. The molecule has 1 unspecified atom stereocenters. The van der Waals surface area contributed by atoms with Crippen LogP contribution in [-0.2, 0) is 4.74 Å². The molecule has 36 heavy (non-hydrogen) atoms. The van der Waals surface area contributed by atoms with Gasteiger partial charge in [0, 0.05) is 41.9 Å². The van der Waals surface area contributed by atoms with Crippen molar-refractivity contribution in [3.8, 4) is 17.6 Å². The number of hydrogen-bond acceptors (Lipinski definition) is 6. The van der Waals surface area contributed by atoms with Crippen molar-refractivity contribution in [2.75, 3.05) is 26.8 Å². The second-order valence-corrected chi connectivity index (χ2v) is 9.37. The quantitative estimate of drug-likeness (QED) is 0.200. The molecule has 6 rings (SSSR count). The first-order chi connectivity index (χ1) is 17.6. The molecule has 7 nitrogen and oxygen atoms in total. The molecule has 1 aromatic heterocycles. The van der Waals surface area contributed by atoms with Crippen LogP contribution in [0.15, 0.2) is 67.4 Å². The summed E-state index contributed by atoms with van der Waals surface area (Å²) in [7, 11) is 1.67. The second kappa shape index (κ2) is 10.5. The Morgan fingerprint density at radius 1 is 1.28 bits per heavy atom. The van der Waals surface area contributed by atoms with Gasteiger partial charge in [0.05, 0.1) is 23.7 Å². The number of rotatable bonds is 7. The molecule has 0 radical (unpaired) electrons. The van der Waals surface area contributed by atoms with Crippen LogP contribution in [0.25, 0.3) is 10.9 Å². The van der Waals surface area contributed by atoms with Crippen molar-refractivity contribution in [1.29, 1.82) is 0 Å². The molecule has 7 heteroatoms. The van der Waals surface area contributed by atoms with Crippen LogP contribution < -0.4 is 4.74 Å². The minimum atomic E-state index is -0.414. The van der Waals surface area contributed by atoms with Crippen molar-refractivity contribution >= 4 is 16.6 Å². The summed E-state index contributed by atoms with van der Waals surface area (Å²) in [6.45, 7) is 6.36. The number of hydrogen-bond donors (Lipinski definition) is 0. The van der Waals surface area contributed by atoms with E-state index in [1.807, 2.05) is 30.5 Å². The van der Waals surface area contributed by atoms with Crippen molar-refractivity contribution in [3.05, 3.63) is 88.6 Å². The number of fused-ring (bicyclic) bond motifs is 4. The number of methoxy groups -OCH3 is 1. The zero-order valence-electron chi connectivity index (χ0n) is 20.3. The van der Waals surface area contributed by atoms with Crippen molar-refractivity contribution in [2.24, 2.45) is 11.8 Å². The Bertz CT molecular complexity index is 1330. The monoisotopic (exact) mass is 483 g/mol. The van der Waals surface area contributed by atoms with Crippen molar-refractivity contribution in [2.45, 2.75) is 25.0 Å². The highest BCUT2D eigenvalue weighted by atomic mass is 16.6. The lowest BCUT2D eigenvalue weighted by atomic mass is 9.73. The predicted octanol–water partition coefficient (Wildman–Crippen LogP) is 5.16. The normalized spacial score (nSPS) is 23.5. The van der Waals surface area contributed by atoms with Gasteiger partial charge in [0.2, 0.25) is 0 Å². The molecule has 0 amide bonds. The van der Waals surface area contributed by atoms with Gasteiger partial charge < -0.3 is 9.47 Å². The Morgan fingerprint density at radius 3 is 2.81 bits per heavy atom. The maximum Gasteiger partial charge on any atom is 0.269 e. The van der Waals surface area contributed by atoms with E-state index in [4.69, 9.17) is 9.47 Å². The van der Waals surface area contributed by atoms with Crippen molar-refractivity contribution < 1.29 is 14.4 Å². The van der Waals surface area contributed by atoms with Crippen LogP contribution in [0, 0.1) is 33.8 Å². The first-order valence-electron chi connectivity index (χ1n) is 12.2. The lowest BCUT2D eigenvalue weighted by Gasteiger charge is -2.51. The minimum Gasteiger partial charge on any atom is -0.497 e. The summed E-state index contributed by atoms with van der Waals surface area (Å²) in [5.74, 6) is 8.09. The van der Waals surface area contributed by atoms with E-state index in [2.05, 4.69) is 34.4 Å². The van der Waals surface area contributed by atoms with Gasteiger partial charge in [-0.05, 0) is 73.2 Å². The standard InChI is InChI=1S/C29H29N3O4/c1-3-21-19-31-15-13-22(21)17-28(31)29(25-12-14-30-27-11-10-24(35-2)18-26(25)27)36-16-4-5-20-6-8-23(9-7-20)32(33)34/h3,6-12,14,18,21-22,28-29H,1,13,15-17,19H2,2H3/t21-,22+,28-,29+/m1/s1. The molecule has 3 aliphatic rings. The van der Waals surface area contributed by atoms with Crippen LogP contribution in [0.1, 0.15) is 30.1 Å². The number of aromatic nitrogens is 1. The number of piperidine rings is 3. The Balaban J connectivity index is 1.44. The van der Waals surface area contributed by atoms with Gasteiger partial charge in [-0.25, -0.2) is 0 Å². The fourth-order valence-electron chi connectivity index (χ4n) is 5.56. The van der Waals surface area contributed by atoms with Gasteiger partial charge >= 0.3 is 0 Å². The van der Waals surface area contributed by atoms with Gasteiger partial charge in [-0.1, -0.05) is 17.9 Å². The minimum absolute atomic E-state index is 0.0519. The average molecular weight is 484 g/mol. The molecule has 2 bridgehead atoms. The number of non-ortho nitro benzene ring substituents is 1. The Labute approximate surface area is 210 Å². The highest BCUT2D eigenvalue weighted by Gasteiger charge is 2.43. The molecule has 0 N–H and O–H groups in total. The van der Waals surface area contributed by atoms with Crippen LogP contribution in [0.2, 0.25) is 0 Å². The van der Waals surface area contributed by atoms with Gasteiger partial charge in [0.25, 0.3) is 5.69 Å². The van der Waals surface area contributed by atoms with E-state index in [0.717, 1.165) is 41.7 Å². The highest BCUT2D eigenvalue weighted by molar-refractivity contribution is 5.84. The summed E-state index contributed by atoms with van der Waals surface area (Å²) >= 11 is 0. The number of nitro benzene ring substituents is 1. The molecule has 5 atom stereocenters. The van der Waals surface area contributed by atoms with E-state index in [1.165, 1.54) is 18.6 Å². The molecular formula is C29H29N3O4. The van der Waals surface area contributed by atoms with Crippen LogP contribution in [-0.4, -0.2) is 47.7 Å². The van der Waals surface area contributed by atoms with Crippen molar-refractivity contribution in [3.63, 3.8) is 0 Å². The fraction of sp³-hybridized carbons (Fsp3) is 0.345. The number of pyridine rings is 1. The SMILES string of the molecule is C=C[C@@H]1CN2CC[C@H]1C[C@@H]2[C@@H](OCC#Cc1ccc([N+](=O)[O-])cc1)c1ccnc2ccc(OC)cc12. The molecular weight excluding hydrogens is 454 g/mol. The summed E-state index contributed by atoms with van der Waals surface area (Å²) < 4.78 is 12.0. The van der Waals surface area contributed by atoms with E-state index in [0.29, 0.717) is 17.4 Å². The van der Waals surface area contributed by atoms with Gasteiger partial charge in [-0.2, -0.15) is 0 Å². The molecule has 184 valence electrons. The summed E-state index contributed by atoms with van der Waals surface area (Å²) in [5, 5.41) is 11.9. The molecule has 2 aromatic carbocycles. The van der Waals surface area contributed by atoms with Crippen LogP contribution in [0.5, 0.6) is 5.75 Å². The molecule has 3 saturated heterocycles. The van der Waals surface area contributed by atoms with Crippen LogP contribution >= 0.6 is 0 Å². The van der Waals surface area contributed by atoms with Gasteiger partial charge in [-0.15, -0.1) is 6.58 Å². The molecule has 0 saturated carbocycles. The van der Waals surface area contributed by atoms with Crippen LogP contribution in [0.3, 0.4) is 0 Å². The predicted molar refractivity (Wildman–Crippen MR) is 139 cm³/mol. The highest BCUT2D eigenvalue weighted by Crippen LogP contribution is 2.43. The lowest BCUT2D eigenvalue weighted by Crippen LogP contribution is -2.55. The second-order valence-electron chi connectivity index (χ2n) is 9.37. The van der Waals surface area contributed by atoms with E-state index >= 15 is 0 Å². The molecule has 3 aromatic rings. The summed E-state index contributed by atoms with van der Waals surface area (Å²) in [5.41, 5.74) is 2.76. The first-order valence-corrected chi connectivity index (χ1v) is 12.2. The molecule has 3 fully saturated rings. The number of nitro groups is 1. The van der Waals surface area contributed by atoms with Gasteiger partial charge in [0.15, 0.2) is 0 Å². The Hall–Kier alpha value is -3.73.